The Kier molecular flexibility index (Phi) is 16.3. The molecule has 19 nitrogen and oxygen atoms in total. The van der Waals surface area contributed by atoms with Crippen LogP contribution in [0.1, 0.15) is 47.2 Å². The fraction of sp³-hybridized carbons (Fsp3) is 0.154. The van der Waals surface area contributed by atoms with Crippen LogP contribution in [0.2, 0.25) is 0 Å². The molecule has 79 heavy (non-hydrogen) atoms. The highest BCUT2D eigenvalue weighted by molar-refractivity contribution is 9.69. The number of hydrogen-bond acceptors (Lipinski definition) is 17. The van der Waals surface area contributed by atoms with Gasteiger partial charge in [0.25, 0.3) is 11.1 Å². The van der Waals surface area contributed by atoms with Crippen molar-refractivity contribution in [1.82, 2.24) is 67.3 Å². The highest BCUT2D eigenvalue weighted by Gasteiger charge is 2.25. The van der Waals surface area contributed by atoms with Gasteiger partial charge >= 0.3 is 3.18 Å². The first kappa shape index (κ1) is 56.0. The van der Waals surface area contributed by atoms with Gasteiger partial charge in [-0.05, 0) is 117 Å². The summed E-state index contributed by atoms with van der Waals surface area (Å²) in [6, 6.07) is 23.4. The van der Waals surface area contributed by atoms with E-state index < -0.39 is 5.82 Å². The lowest BCUT2D eigenvalue weighted by molar-refractivity contribution is 0.469. The van der Waals surface area contributed by atoms with Crippen LogP contribution in [0, 0.1) is 46.3 Å². The van der Waals surface area contributed by atoms with Crippen LogP contribution in [-0.4, -0.2) is 75.6 Å². The van der Waals surface area contributed by atoms with Crippen LogP contribution in [0.4, 0.5) is 20.4 Å². The van der Waals surface area contributed by atoms with Gasteiger partial charge < -0.3 is 16.6 Å². The number of aromatic nitrogens is 14. The second kappa shape index (κ2) is 22.9. The van der Waals surface area contributed by atoms with Gasteiger partial charge in [0.15, 0.2) is 21.0 Å². The average molecular weight is 1290 g/mol. The molecule has 12 rings (SSSR count). The van der Waals surface area contributed by atoms with Gasteiger partial charge in [-0.25, -0.2) is 48.0 Å². The number of anilines is 2. The molecule has 0 aliphatic rings. The number of nitrogen functional groups attached to an aromatic ring is 2. The minimum Gasteiger partial charge on any atom is -0.508 e. The lowest BCUT2D eigenvalue weighted by Gasteiger charge is -2.15. The van der Waals surface area contributed by atoms with E-state index in [0.717, 1.165) is 34.3 Å². The van der Waals surface area contributed by atoms with E-state index in [9.17, 15) is 23.5 Å². The lowest BCUT2D eigenvalue weighted by Crippen LogP contribution is -2.26. The number of benzene rings is 4. The quantitative estimate of drug-likeness (QED) is 0.120. The lowest BCUT2D eigenvalue weighted by atomic mass is 10.1. The number of nitrogens with two attached hydrogens (primary N) is 2. The summed E-state index contributed by atoms with van der Waals surface area (Å²) in [7, 11) is 0. The third kappa shape index (κ3) is 11.0. The third-order valence-electron chi connectivity index (χ3n) is 12.4. The predicted octanol–water partition coefficient (Wildman–Crippen LogP) is 10.9. The molecular weight excluding hydrogens is 1250 g/mol. The number of phenols is 1. The van der Waals surface area contributed by atoms with E-state index in [1.807, 2.05) is 75.4 Å². The van der Waals surface area contributed by atoms with Gasteiger partial charge in [0.2, 0.25) is 0 Å². The number of aryl methyl sites for hydroxylation is 5. The van der Waals surface area contributed by atoms with Gasteiger partial charge in [0.05, 0.1) is 33.5 Å². The van der Waals surface area contributed by atoms with E-state index >= 15 is 0 Å². The van der Waals surface area contributed by atoms with Crippen molar-refractivity contribution in [2.24, 2.45) is 0 Å². The van der Waals surface area contributed by atoms with E-state index in [4.69, 9.17) is 26.5 Å². The van der Waals surface area contributed by atoms with Crippen molar-refractivity contribution in [3.05, 3.63) is 170 Å². The van der Waals surface area contributed by atoms with Gasteiger partial charge in [-0.3, -0.25) is 18.7 Å². The third-order valence-corrected chi connectivity index (χ3v) is 14.1. The van der Waals surface area contributed by atoms with Gasteiger partial charge in [-0.15, -0.1) is 47.3 Å². The molecule has 0 radical (unpaired) electrons. The van der Waals surface area contributed by atoms with Crippen LogP contribution in [0.15, 0.2) is 107 Å². The fourth-order valence-corrected chi connectivity index (χ4v) is 10.6. The maximum absolute atomic E-state index is 14.3. The van der Waals surface area contributed by atoms with Crippen molar-refractivity contribution in [2.45, 2.75) is 55.1 Å². The van der Waals surface area contributed by atoms with E-state index in [1.54, 1.807) is 32.3 Å². The number of fused-ring (bicyclic) bond motifs is 4. The van der Waals surface area contributed by atoms with Crippen molar-refractivity contribution < 1.29 is 13.9 Å². The van der Waals surface area contributed by atoms with Crippen molar-refractivity contribution in [3.8, 4) is 39.6 Å². The number of para-hydroxylation sites is 2. The molecule has 0 saturated heterocycles. The Morgan fingerprint density at radius 1 is 0.595 bits per heavy atom. The molecule has 0 spiro atoms. The number of aromatic hydroxyl groups is 1. The Morgan fingerprint density at radius 2 is 1.01 bits per heavy atom. The van der Waals surface area contributed by atoms with Crippen LogP contribution < -0.4 is 22.6 Å². The maximum Gasteiger partial charge on any atom is 0.369 e. The van der Waals surface area contributed by atoms with Gasteiger partial charge in [0.1, 0.15) is 88.6 Å². The van der Waals surface area contributed by atoms with Gasteiger partial charge in [-0.1, -0.05) is 43.8 Å². The van der Waals surface area contributed by atoms with Gasteiger partial charge in [0, 0.05) is 17.2 Å². The van der Waals surface area contributed by atoms with E-state index in [-0.39, 0.29) is 58.0 Å². The Labute approximate surface area is 481 Å². The van der Waals surface area contributed by atoms with Crippen molar-refractivity contribution in [1.29, 1.82) is 0 Å². The Bertz CT molecular complexity index is 4130. The molecule has 0 amide bonds. The summed E-state index contributed by atoms with van der Waals surface area (Å²) in [4.78, 5) is 55.2. The molecule has 0 unspecified atom stereocenters. The minimum absolute atomic E-state index is 0. The van der Waals surface area contributed by atoms with E-state index in [0.29, 0.717) is 99.4 Å². The molecule has 400 valence electrons. The minimum atomic E-state index is -0.630. The zero-order chi connectivity index (χ0) is 55.3. The highest BCUT2D eigenvalue weighted by Crippen LogP contribution is 2.35. The smallest absolute Gasteiger partial charge is 0.369 e. The molecule has 0 aliphatic carbocycles. The summed E-state index contributed by atoms with van der Waals surface area (Å²) in [5.41, 5.74) is 19.6. The van der Waals surface area contributed by atoms with Crippen LogP contribution in [0.3, 0.4) is 0 Å². The molecule has 27 heteroatoms. The Morgan fingerprint density at radius 3 is 1.43 bits per heavy atom. The molecular formula is C52H44BBr3F2N16O3S2. The number of halogens is 5. The second-order valence-corrected chi connectivity index (χ2v) is 25.6. The molecule has 0 atom stereocenters. The van der Waals surface area contributed by atoms with Crippen LogP contribution in [0.25, 0.3) is 76.4 Å². The summed E-state index contributed by atoms with van der Waals surface area (Å²) in [6.07, 6.45) is 2.66. The Balaban J connectivity index is 0.000000177. The molecule has 12 aromatic rings. The topological polar surface area (TPSA) is 255 Å². The van der Waals surface area contributed by atoms with Crippen LogP contribution in [0.5, 0.6) is 5.75 Å². The molecule has 8 aromatic heterocycles. The van der Waals surface area contributed by atoms with Crippen LogP contribution >= 0.6 is 70.3 Å². The zero-order valence-electron chi connectivity index (χ0n) is 41.6. The molecule has 5 N–H and O–H groups in total. The largest absolute Gasteiger partial charge is 0.508 e. The van der Waals surface area contributed by atoms with E-state index in [2.05, 4.69) is 81.1 Å². The van der Waals surface area contributed by atoms with Crippen LogP contribution in [-0.2, 0) is 13.1 Å². The molecule has 4 aromatic carbocycles. The zero-order valence-corrected chi connectivity index (χ0v) is 48.0. The standard InChI is InChI=1S/C26H21FN8OS.C25H19FN8O2S.CH4.BBr3/c1-13-8-16(10-17(27)9-13)22-21-23(28)29-12-30-24(21)34(32-22)11-19-31-25-20(15(3)33-37-25)26(36)35(19)18-7-5-4-6-14(18)2;1-12-5-3-4-6-17(12)34-18(30-24-19(25(34)36)13(2)32-37-24)10-33-23-20(22(27)28-11-29-23)21(31-33)14-7-15(26)9-16(35)8-14;;2-1(3)4/h4-10,12H,11H2,1-3H3,(H2,28,29,30);3-9,11,35H,10H2,1-2H3,(H2,27,28,29);1H4;. The second-order valence-electron chi connectivity index (χ2n) is 17.7. The molecule has 0 fully saturated rings. The van der Waals surface area contributed by atoms with Crippen molar-refractivity contribution in [2.75, 3.05) is 11.5 Å². The normalized spacial score (nSPS) is 11.2. The number of phenolic OH excluding ortho intramolecular Hbond substituents is 1. The molecule has 8 heterocycles. The highest BCUT2D eigenvalue weighted by atomic mass is 79.9. The molecule has 0 aliphatic heterocycles. The summed E-state index contributed by atoms with van der Waals surface area (Å²) in [5.74, 6) is -0.0268. The maximum atomic E-state index is 14.3. The SMILES string of the molecule is BrB(Br)Br.C.Cc1cc(F)cc(-c2nn(Cc3nc4snc(C)c4c(=O)n3-c3ccccc3C)c3ncnc(N)c23)c1.Cc1ccccc1-n1c(Cn2nc(-c3cc(O)cc(F)c3)c3c(N)ncnc32)nc2snc(C)c2c1=O. The first-order valence-corrected chi connectivity index (χ1v) is 27.7. The Hall–Kier alpha value is -7.72. The summed E-state index contributed by atoms with van der Waals surface area (Å²) in [5, 5.41) is 21.3. The molecule has 0 saturated carbocycles. The first-order valence-electron chi connectivity index (χ1n) is 23.4. The number of nitrogens with zero attached hydrogens (tertiary/aromatic N) is 14. The summed E-state index contributed by atoms with van der Waals surface area (Å²) < 4.78 is 43.7. The monoisotopic (exact) mass is 1290 g/mol. The average Bonchev–Trinajstić information content (AvgIpc) is 4.17. The predicted molar refractivity (Wildman–Crippen MR) is 319 cm³/mol. The van der Waals surface area contributed by atoms with Crippen molar-refractivity contribution in [3.63, 3.8) is 0 Å². The summed E-state index contributed by atoms with van der Waals surface area (Å²) in [6.45, 7) is 9.41. The number of rotatable bonds is 8. The fourth-order valence-electron chi connectivity index (χ4n) is 9.03. The van der Waals surface area contributed by atoms with E-state index in [1.165, 1.54) is 48.5 Å². The van der Waals surface area contributed by atoms with Gasteiger partial charge in [-0.2, -0.15) is 18.9 Å². The summed E-state index contributed by atoms with van der Waals surface area (Å²) >= 11 is 11.6. The van der Waals surface area contributed by atoms with Crippen molar-refractivity contribution >= 4 is 128 Å². The number of hydrogen-bond donors (Lipinski definition) is 3. The first-order chi connectivity index (χ1) is 37.4. The molecule has 0 bridgehead atoms.